The van der Waals surface area contributed by atoms with Crippen LogP contribution in [0.1, 0.15) is 133 Å². The van der Waals surface area contributed by atoms with Crippen LogP contribution in [0.4, 0.5) is 8.78 Å². The molecule has 0 fully saturated rings. The molecular weight excluding hydrogens is 394 g/mol. The smallest absolute Gasteiger partial charge is 0.341 e. The SMILES string of the molecule is CCCCCCCCCCCCCCCCCCCCOC(=O)c1ccc(F)cc1F. The highest BCUT2D eigenvalue weighted by Crippen LogP contribution is 2.15. The number of rotatable bonds is 20. The Kier molecular flexibility index (Phi) is 17.1. The number of unbranched alkanes of at least 4 members (excludes halogenated alkanes) is 17. The van der Waals surface area contributed by atoms with Gasteiger partial charge in [0.05, 0.1) is 12.2 Å². The van der Waals surface area contributed by atoms with E-state index in [4.69, 9.17) is 4.74 Å². The van der Waals surface area contributed by atoms with Gasteiger partial charge in [0.1, 0.15) is 11.6 Å². The van der Waals surface area contributed by atoms with Crippen molar-refractivity contribution in [1.82, 2.24) is 0 Å². The van der Waals surface area contributed by atoms with Crippen molar-refractivity contribution >= 4 is 5.97 Å². The molecule has 2 nitrogen and oxygen atoms in total. The summed E-state index contributed by atoms with van der Waals surface area (Å²) < 4.78 is 31.4. The van der Waals surface area contributed by atoms with E-state index in [0.717, 1.165) is 31.4 Å². The standard InChI is InChI=1S/C27H44F2O2/c1-2-3-4-5-6-7-8-9-10-11-12-13-14-15-16-17-18-19-22-31-27(30)25-21-20-24(28)23-26(25)29/h20-21,23H,2-19,22H2,1H3. The van der Waals surface area contributed by atoms with Crippen molar-refractivity contribution in [2.75, 3.05) is 6.61 Å². The van der Waals surface area contributed by atoms with Gasteiger partial charge in [-0.1, -0.05) is 116 Å². The Morgan fingerprint density at radius 1 is 0.677 bits per heavy atom. The van der Waals surface area contributed by atoms with Gasteiger partial charge in [0, 0.05) is 6.07 Å². The van der Waals surface area contributed by atoms with Gasteiger partial charge < -0.3 is 4.74 Å². The van der Waals surface area contributed by atoms with Crippen LogP contribution in [0, 0.1) is 11.6 Å². The molecule has 0 amide bonds. The van der Waals surface area contributed by atoms with Crippen LogP contribution in [-0.2, 0) is 4.74 Å². The van der Waals surface area contributed by atoms with Gasteiger partial charge in [-0.05, 0) is 18.6 Å². The second-order valence-corrected chi connectivity index (χ2v) is 8.77. The molecule has 178 valence electrons. The number of halogens is 2. The number of esters is 1. The summed E-state index contributed by atoms with van der Waals surface area (Å²) in [6.45, 7) is 2.56. The summed E-state index contributed by atoms with van der Waals surface area (Å²) in [4.78, 5) is 11.8. The van der Waals surface area contributed by atoms with E-state index in [0.29, 0.717) is 6.07 Å². The van der Waals surface area contributed by atoms with Gasteiger partial charge in [0.2, 0.25) is 0 Å². The first-order valence-electron chi connectivity index (χ1n) is 12.8. The van der Waals surface area contributed by atoms with Gasteiger partial charge in [0.25, 0.3) is 0 Å². The molecule has 1 aromatic carbocycles. The van der Waals surface area contributed by atoms with Crippen LogP contribution in [0.25, 0.3) is 0 Å². The van der Waals surface area contributed by atoms with E-state index in [2.05, 4.69) is 6.92 Å². The van der Waals surface area contributed by atoms with E-state index >= 15 is 0 Å². The average molecular weight is 439 g/mol. The maximum Gasteiger partial charge on any atom is 0.341 e. The molecule has 0 atom stereocenters. The van der Waals surface area contributed by atoms with Crippen molar-refractivity contribution in [3.05, 3.63) is 35.4 Å². The molecule has 0 spiro atoms. The van der Waals surface area contributed by atoms with Crippen LogP contribution in [-0.4, -0.2) is 12.6 Å². The van der Waals surface area contributed by atoms with Crippen molar-refractivity contribution < 1.29 is 18.3 Å². The topological polar surface area (TPSA) is 26.3 Å². The van der Waals surface area contributed by atoms with E-state index in [1.165, 1.54) is 96.3 Å². The van der Waals surface area contributed by atoms with E-state index in [-0.39, 0.29) is 12.2 Å². The fraction of sp³-hybridized carbons (Fsp3) is 0.741. The van der Waals surface area contributed by atoms with Gasteiger partial charge >= 0.3 is 5.97 Å². The van der Waals surface area contributed by atoms with Gasteiger partial charge in [0.15, 0.2) is 0 Å². The summed E-state index contributed by atoms with van der Waals surface area (Å²) >= 11 is 0. The number of benzene rings is 1. The van der Waals surface area contributed by atoms with Crippen LogP contribution in [0.3, 0.4) is 0 Å². The largest absolute Gasteiger partial charge is 0.462 e. The van der Waals surface area contributed by atoms with E-state index < -0.39 is 17.6 Å². The minimum Gasteiger partial charge on any atom is -0.462 e. The Balaban J connectivity index is 1.80. The molecule has 0 aliphatic heterocycles. The Bertz CT molecular complexity index is 574. The third-order valence-corrected chi connectivity index (χ3v) is 5.88. The Hall–Kier alpha value is -1.45. The average Bonchev–Trinajstić information content (AvgIpc) is 2.75. The monoisotopic (exact) mass is 438 g/mol. The Labute approximate surface area is 189 Å². The highest BCUT2D eigenvalue weighted by atomic mass is 19.1. The normalized spacial score (nSPS) is 11.1. The minimum atomic E-state index is -0.872. The Morgan fingerprint density at radius 2 is 1.10 bits per heavy atom. The van der Waals surface area contributed by atoms with Crippen molar-refractivity contribution in [2.24, 2.45) is 0 Å². The maximum absolute atomic E-state index is 13.5. The predicted octanol–water partition coefficient (Wildman–Crippen LogP) is 9.16. The molecule has 0 saturated heterocycles. The lowest BCUT2D eigenvalue weighted by atomic mass is 10.0. The molecule has 4 heteroatoms. The number of hydrogen-bond donors (Lipinski definition) is 0. The summed E-state index contributed by atoms with van der Waals surface area (Å²) in [5.41, 5.74) is -0.205. The van der Waals surface area contributed by atoms with Gasteiger partial charge in [-0.2, -0.15) is 0 Å². The summed E-state index contributed by atoms with van der Waals surface area (Å²) in [5, 5.41) is 0. The van der Waals surface area contributed by atoms with E-state index in [1.807, 2.05) is 0 Å². The zero-order chi connectivity index (χ0) is 22.6. The molecule has 0 radical (unpaired) electrons. The summed E-state index contributed by atoms with van der Waals surface area (Å²) in [6.07, 6.45) is 23.5. The van der Waals surface area contributed by atoms with Crippen molar-refractivity contribution in [1.29, 1.82) is 0 Å². The van der Waals surface area contributed by atoms with Crippen LogP contribution in [0.5, 0.6) is 0 Å². The lowest BCUT2D eigenvalue weighted by Gasteiger charge is -2.06. The minimum absolute atomic E-state index is 0.205. The number of carbonyl (C=O) groups is 1. The summed E-state index contributed by atoms with van der Waals surface area (Å²) in [6, 6.07) is 2.89. The fourth-order valence-electron chi connectivity index (χ4n) is 3.90. The summed E-state index contributed by atoms with van der Waals surface area (Å²) in [5.74, 6) is -2.29. The molecule has 0 aliphatic carbocycles. The molecule has 0 unspecified atom stereocenters. The first-order chi connectivity index (χ1) is 15.1. The zero-order valence-corrected chi connectivity index (χ0v) is 19.7. The number of ether oxygens (including phenoxy) is 1. The van der Waals surface area contributed by atoms with Crippen LogP contribution in [0.15, 0.2) is 18.2 Å². The van der Waals surface area contributed by atoms with Gasteiger partial charge in [-0.25, -0.2) is 13.6 Å². The third-order valence-electron chi connectivity index (χ3n) is 5.88. The molecule has 0 bridgehead atoms. The molecule has 0 heterocycles. The first kappa shape index (κ1) is 27.6. The number of carbonyl (C=O) groups excluding carboxylic acids is 1. The van der Waals surface area contributed by atoms with Crippen LogP contribution >= 0.6 is 0 Å². The molecule has 0 aromatic heterocycles. The van der Waals surface area contributed by atoms with Gasteiger partial charge in [-0.3, -0.25) is 0 Å². The molecule has 31 heavy (non-hydrogen) atoms. The zero-order valence-electron chi connectivity index (χ0n) is 19.7. The highest BCUT2D eigenvalue weighted by molar-refractivity contribution is 5.89. The molecule has 0 saturated carbocycles. The highest BCUT2D eigenvalue weighted by Gasteiger charge is 2.13. The Morgan fingerprint density at radius 3 is 1.52 bits per heavy atom. The number of hydrogen-bond acceptors (Lipinski definition) is 2. The van der Waals surface area contributed by atoms with E-state index in [1.54, 1.807) is 0 Å². The van der Waals surface area contributed by atoms with Crippen LogP contribution < -0.4 is 0 Å². The van der Waals surface area contributed by atoms with E-state index in [9.17, 15) is 13.6 Å². The maximum atomic E-state index is 13.5. The second kappa shape index (κ2) is 19.3. The quantitative estimate of drug-likeness (QED) is 0.150. The van der Waals surface area contributed by atoms with Crippen molar-refractivity contribution in [3.63, 3.8) is 0 Å². The first-order valence-corrected chi connectivity index (χ1v) is 12.8. The van der Waals surface area contributed by atoms with Gasteiger partial charge in [-0.15, -0.1) is 0 Å². The van der Waals surface area contributed by atoms with Crippen LogP contribution in [0.2, 0.25) is 0 Å². The molecular formula is C27H44F2O2. The fourth-order valence-corrected chi connectivity index (χ4v) is 3.90. The summed E-state index contributed by atoms with van der Waals surface area (Å²) in [7, 11) is 0. The predicted molar refractivity (Wildman–Crippen MR) is 125 cm³/mol. The van der Waals surface area contributed by atoms with Crippen molar-refractivity contribution in [2.45, 2.75) is 122 Å². The molecule has 0 aliphatic rings. The lowest BCUT2D eigenvalue weighted by Crippen LogP contribution is -2.08. The lowest BCUT2D eigenvalue weighted by molar-refractivity contribution is 0.0492. The second-order valence-electron chi connectivity index (χ2n) is 8.77. The van der Waals surface area contributed by atoms with Crippen molar-refractivity contribution in [3.8, 4) is 0 Å². The molecule has 0 N–H and O–H groups in total. The third kappa shape index (κ3) is 15.1. The molecule has 1 rings (SSSR count). The molecule has 1 aromatic rings.